The summed E-state index contributed by atoms with van der Waals surface area (Å²) >= 11 is 0. The summed E-state index contributed by atoms with van der Waals surface area (Å²) in [6.07, 6.45) is 3.02. The maximum absolute atomic E-state index is 13.1. The van der Waals surface area contributed by atoms with Gasteiger partial charge in [-0.1, -0.05) is 12.5 Å². The van der Waals surface area contributed by atoms with Crippen LogP contribution in [0, 0.1) is 34.4 Å². The molecule has 0 amide bonds. The molecule has 0 aliphatic heterocycles. The van der Waals surface area contributed by atoms with Crippen LogP contribution in [-0.2, 0) is 6.54 Å². The molecule has 1 N–H and O–H groups in total. The highest BCUT2D eigenvalue weighted by Gasteiger charge is 2.26. The summed E-state index contributed by atoms with van der Waals surface area (Å²) in [6, 6.07) is 8.88. The Hall–Kier alpha value is -1.91. The van der Waals surface area contributed by atoms with Crippen LogP contribution in [0.4, 0.5) is 4.39 Å². The van der Waals surface area contributed by atoms with Gasteiger partial charge in [-0.05, 0) is 30.5 Å². The standard InChI is InChI=1S/C14H14FN3/c15-13-5-4-10(6-12(13)8-17)9-18-14-3-1-2-11(14)7-16/h4-6,11,14,18H,1-3,9H2/t11-,14+/m1/s1. The van der Waals surface area contributed by atoms with Crippen LogP contribution in [0.1, 0.15) is 30.4 Å². The van der Waals surface area contributed by atoms with Crippen molar-refractivity contribution in [1.29, 1.82) is 10.5 Å². The van der Waals surface area contributed by atoms with E-state index < -0.39 is 5.82 Å². The lowest BCUT2D eigenvalue weighted by Crippen LogP contribution is -2.31. The zero-order valence-corrected chi connectivity index (χ0v) is 9.99. The van der Waals surface area contributed by atoms with Crippen molar-refractivity contribution in [2.75, 3.05) is 0 Å². The molecule has 1 aliphatic rings. The van der Waals surface area contributed by atoms with Gasteiger partial charge in [0.1, 0.15) is 11.9 Å². The van der Waals surface area contributed by atoms with Gasteiger partial charge < -0.3 is 5.32 Å². The van der Waals surface area contributed by atoms with Crippen LogP contribution in [0.15, 0.2) is 18.2 Å². The number of rotatable bonds is 3. The van der Waals surface area contributed by atoms with Gasteiger partial charge in [0.15, 0.2) is 0 Å². The number of hydrogen-bond donors (Lipinski definition) is 1. The van der Waals surface area contributed by atoms with E-state index >= 15 is 0 Å². The number of halogens is 1. The number of benzene rings is 1. The molecule has 0 aromatic heterocycles. The molecule has 0 saturated heterocycles. The largest absolute Gasteiger partial charge is 0.309 e. The summed E-state index contributed by atoms with van der Waals surface area (Å²) < 4.78 is 13.1. The summed E-state index contributed by atoms with van der Waals surface area (Å²) in [4.78, 5) is 0. The highest BCUT2D eigenvalue weighted by atomic mass is 19.1. The second kappa shape index (κ2) is 5.62. The van der Waals surface area contributed by atoms with Gasteiger partial charge in [0.25, 0.3) is 0 Å². The second-order valence-electron chi connectivity index (χ2n) is 4.58. The predicted molar refractivity (Wildman–Crippen MR) is 64.7 cm³/mol. The monoisotopic (exact) mass is 243 g/mol. The molecule has 18 heavy (non-hydrogen) atoms. The van der Waals surface area contributed by atoms with Crippen molar-refractivity contribution in [3.05, 3.63) is 35.1 Å². The van der Waals surface area contributed by atoms with Gasteiger partial charge in [-0.15, -0.1) is 0 Å². The highest BCUT2D eigenvalue weighted by Crippen LogP contribution is 2.25. The van der Waals surface area contributed by atoms with Gasteiger partial charge in [-0.3, -0.25) is 0 Å². The first-order valence-electron chi connectivity index (χ1n) is 6.06. The van der Waals surface area contributed by atoms with Crippen molar-refractivity contribution in [1.82, 2.24) is 5.32 Å². The van der Waals surface area contributed by atoms with Gasteiger partial charge in [0.05, 0.1) is 17.6 Å². The van der Waals surface area contributed by atoms with Crippen LogP contribution in [0.3, 0.4) is 0 Å². The van der Waals surface area contributed by atoms with E-state index in [2.05, 4.69) is 11.4 Å². The molecule has 1 aromatic carbocycles. The summed E-state index contributed by atoms with van der Waals surface area (Å²) in [7, 11) is 0. The van der Waals surface area contributed by atoms with E-state index in [0.29, 0.717) is 6.54 Å². The van der Waals surface area contributed by atoms with Crippen molar-refractivity contribution < 1.29 is 4.39 Å². The molecular formula is C14H14FN3. The topological polar surface area (TPSA) is 59.6 Å². The molecule has 1 aliphatic carbocycles. The zero-order chi connectivity index (χ0) is 13.0. The first kappa shape index (κ1) is 12.5. The Kier molecular flexibility index (Phi) is 3.92. The Bertz CT molecular complexity index is 513. The van der Waals surface area contributed by atoms with E-state index in [1.54, 1.807) is 12.1 Å². The lowest BCUT2D eigenvalue weighted by atomic mass is 10.1. The summed E-state index contributed by atoms with van der Waals surface area (Å²) in [5.74, 6) is -0.419. The Balaban J connectivity index is 1.99. The minimum Gasteiger partial charge on any atom is -0.309 e. The fourth-order valence-corrected chi connectivity index (χ4v) is 2.38. The number of nitriles is 2. The minimum absolute atomic E-state index is 0.0672. The lowest BCUT2D eigenvalue weighted by molar-refractivity contribution is 0.464. The Labute approximate surface area is 106 Å². The molecule has 3 nitrogen and oxygen atoms in total. The van der Waals surface area contributed by atoms with Crippen LogP contribution in [-0.4, -0.2) is 6.04 Å². The molecule has 92 valence electrons. The van der Waals surface area contributed by atoms with Crippen LogP contribution in [0.2, 0.25) is 0 Å². The average molecular weight is 243 g/mol. The molecule has 1 aromatic rings. The lowest BCUT2D eigenvalue weighted by Gasteiger charge is -2.15. The van der Waals surface area contributed by atoms with Crippen LogP contribution < -0.4 is 5.32 Å². The maximum Gasteiger partial charge on any atom is 0.140 e. The molecule has 0 unspecified atom stereocenters. The SMILES string of the molecule is N#Cc1cc(CN[C@H]2CCC[C@@H]2C#N)ccc1F. The first-order chi connectivity index (χ1) is 8.74. The first-order valence-corrected chi connectivity index (χ1v) is 6.06. The smallest absolute Gasteiger partial charge is 0.140 e. The Morgan fingerprint density at radius 2 is 2.17 bits per heavy atom. The fourth-order valence-electron chi connectivity index (χ4n) is 2.38. The van der Waals surface area contributed by atoms with Gasteiger partial charge in [0.2, 0.25) is 0 Å². The van der Waals surface area contributed by atoms with E-state index in [1.165, 1.54) is 6.07 Å². The normalized spacial score (nSPS) is 22.4. The Morgan fingerprint density at radius 3 is 2.89 bits per heavy atom. The quantitative estimate of drug-likeness (QED) is 0.887. The van der Waals surface area contributed by atoms with E-state index in [1.807, 2.05) is 6.07 Å². The molecule has 2 atom stereocenters. The third-order valence-corrected chi connectivity index (χ3v) is 3.40. The third-order valence-electron chi connectivity index (χ3n) is 3.40. The van der Waals surface area contributed by atoms with Crippen LogP contribution in [0.25, 0.3) is 0 Å². The van der Waals surface area contributed by atoms with E-state index in [9.17, 15) is 4.39 Å². The van der Waals surface area contributed by atoms with E-state index in [0.717, 1.165) is 24.8 Å². The highest BCUT2D eigenvalue weighted by molar-refractivity contribution is 5.34. The summed E-state index contributed by atoms with van der Waals surface area (Å²) in [5, 5.41) is 21.0. The van der Waals surface area contributed by atoms with Crippen LogP contribution >= 0.6 is 0 Å². The molecule has 0 bridgehead atoms. The van der Waals surface area contributed by atoms with Crippen molar-refractivity contribution in [2.24, 2.45) is 5.92 Å². The number of nitrogens with one attached hydrogen (secondary N) is 1. The maximum atomic E-state index is 13.1. The molecule has 2 rings (SSSR count). The Morgan fingerprint density at radius 1 is 1.33 bits per heavy atom. The van der Waals surface area contributed by atoms with Crippen LogP contribution in [0.5, 0.6) is 0 Å². The third kappa shape index (κ3) is 2.67. The number of nitrogens with zero attached hydrogens (tertiary/aromatic N) is 2. The molecule has 0 spiro atoms. The predicted octanol–water partition coefficient (Wildman–Crippen LogP) is 2.48. The van der Waals surface area contributed by atoms with Gasteiger partial charge in [0, 0.05) is 12.6 Å². The molecule has 1 fully saturated rings. The molecule has 1 saturated carbocycles. The molecule has 0 heterocycles. The summed E-state index contributed by atoms with van der Waals surface area (Å²) in [5.41, 5.74) is 0.939. The zero-order valence-electron chi connectivity index (χ0n) is 9.99. The van der Waals surface area contributed by atoms with Crippen molar-refractivity contribution in [3.8, 4) is 12.1 Å². The molecule has 4 heteroatoms. The van der Waals surface area contributed by atoms with Crippen molar-refractivity contribution in [2.45, 2.75) is 31.8 Å². The van der Waals surface area contributed by atoms with Crippen molar-refractivity contribution in [3.63, 3.8) is 0 Å². The van der Waals surface area contributed by atoms with E-state index in [-0.39, 0.29) is 17.5 Å². The minimum atomic E-state index is -0.489. The average Bonchev–Trinajstić information content (AvgIpc) is 2.85. The second-order valence-corrected chi connectivity index (χ2v) is 4.58. The van der Waals surface area contributed by atoms with Crippen molar-refractivity contribution >= 4 is 0 Å². The molecular weight excluding hydrogens is 229 g/mol. The van der Waals surface area contributed by atoms with E-state index in [4.69, 9.17) is 10.5 Å². The summed E-state index contributed by atoms with van der Waals surface area (Å²) in [6.45, 7) is 0.567. The number of hydrogen-bond acceptors (Lipinski definition) is 3. The fraction of sp³-hybridized carbons (Fsp3) is 0.429. The van der Waals surface area contributed by atoms with Gasteiger partial charge >= 0.3 is 0 Å². The molecule has 0 radical (unpaired) electrons. The van der Waals surface area contributed by atoms with Gasteiger partial charge in [-0.2, -0.15) is 10.5 Å². The van der Waals surface area contributed by atoms with Gasteiger partial charge in [-0.25, -0.2) is 4.39 Å².